The van der Waals surface area contributed by atoms with Gasteiger partial charge in [0.1, 0.15) is 5.82 Å². The molecule has 1 heterocycles. The molecule has 2 unspecified atom stereocenters. The number of rotatable bonds is 4. The van der Waals surface area contributed by atoms with E-state index in [4.69, 9.17) is 0 Å². The zero-order chi connectivity index (χ0) is 14.7. The van der Waals surface area contributed by atoms with E-state index in [2.05, 4.69) is 5.32 Å². The minimum absolute atomic E-state index is 0.122. The molecule has 20 heavy (non-hydrogen) atoms. The molecule has 0 spiro atoms. The van der Waals surface area contributed by atoms with E-state index in [1.54, 1.807) is 18.2 Å². The van der Waals surface area contributed by atoms with Crippen molar-refractivity contribution < 1.29 is 14.0 Å². The lowest BCUT2D eigenvalue weighted by molar-refractivity contribution is -0.137. The van der Waals surface area contributed by atoms with E-state index in [0.717, 1.165) is 12.8 Å². The lowest BCUT2D eigenvalue weighted by Gasteiger charge is -2.35. The molecule has 2 atom stereocenters. The van der Waals surface area contributed by atoms with Gasteiger partial charge in [-0.05, 0) is 17.9 Å². The Morgan fingerprint density at radius 1 is 1.25 bits per heavy atom. The smallest absolute Gasteiger partial charge is 0.234 e. The van der Waals surface area contributed by atoms with Crippen molar-refractivity contribution in [1.82, 2.24) is 5.32 Å². The summed E-state index contributed by atoms with van der Waals surface area (Å²) in [4.78, 5) is 23.9. The van der Waals surface area contributed by atoms with Gasteiger partial charge >= 0.3 is 0 Å². The molecule has 2 amide bonds. The van der Waals surface area contributed by atoms with Crippen LogP contribution in [0.4, 0.5) is 4.39 Å². The van der Waals surface area contributed by atoms with E-state index in [1.165, 1.54) is 6.07 Å². The van der Waals surface area contributed by atoms with Crippen molar-refractivity contribution in [3.63, 3.8) is 0 Å². The van der Waals surface area contributed by atoms with Gasteiger partial charge in [0.25, 0.3) is 0 Å². The number of piperidine rings is 1. The molecule has 1 N–H and O–H groups in total. The molecule has 1 aromatic rings. The fourth-order valence-electron chi connectivity index (χ4n) is 3.22. The first-order valence-corrected chi connectivity index (χ1v) is 7.16. The quantitative estimate of drug-likeness (QED) is 0.860. The summed E-state index contributed by atoms with van der Waals surface area (Å²) in [6, 6.07) is 6.34. The minimum atomic E-state index is -0.571. The SMILES string of the molecule is CCC(CC)C1CC(=O)NC(=O)C1c1ccccc1F. The Labute approximate surface area is 118 Å². The molecule has 4 heteroatoms. The third-order valence-corrected chi connectivity index (χ3v) is 4.29. The fraction of sp³-hybridized carbons (Fsp3) is 0.500. The van der Waals surface area contributed by atoms with Crippen molar-refractivity contribution in [2.45, 2.75) is 39.0 Å². The number of halogens is 1. The van der Waals surface area contributed by atoms with Crippen molar-refractivity contribution in [3.8, 4) is 0 Å². The lowest BCUT2D eigenvalue weighted by Crippen LogP contribution is -2.46. The molecular weight excluding hydrogens is 257 g/mol. The highest BCUT2D eigenvalue weighted by Gasteiger charge is 2.41. The summed E-state index contributed by atoms with van der Waals surface area (Å²) in [7, 11) is 0. The molecule has 0 aromatic heterocycles. The molecule has 1 aliphatic heterocycles. The van der Waals surface area contributed by atoms with Crippen molar-refractivity contribution in [2.24, 2.45) is 11.8 Å². The second kappa shape index (κ2) is 6.16. The Balaban J connectivity index is 2.42. The van der Waals surface area contributed by atoms with Gasteiger partial charge in [-0.25, -0.2) is 4.39 Å². The first-order chi connectivity index (χ1) is 9.58. The summed E-state index contributed by atoms with van der Waals surface area (Å²) in [5.41, 5.74) is 0.398. The van der Waals surface area contributed by atoms with E-state index in [1.807, 2.05) is 13.8 Å². The Kier molecular flexibility index (Phi) is 4.53. The number of carbonyl (C=O) groups is 2. The summed E-state index contributed by atoms with van der Waals surface area (Å²) in [6.07, 6.45) is 2.05. The number of imide groups is 1. The van der Waals surface area contributed by atoms with Gasteiger partial charge in [-0.3, -0.25) is 14.9 Å². The van der Waals surface area contributed by atoms with E-state index < -0.39 is 5.92 Å². The van der Waals surface area contributed by atoms with Crippen LogP contribution in [0.2, 0.25) is 0 Å². The predicted octanol–water partition coefficient (Wildman–Crippen LogP) is 3.01. The van der Waals surface area contributed by atoms with Crippen LogP contribution in [0.15, 0.2) is 24.3 Å². The zero-order valence-corrected chi connectivity index (χ0v) is 11.9. The van der Waals surface area contributed by atoms with Crippen LogP contribution in [0.1, 0.15) is 44.6 Å². The number of benzene rings is 1. The molecule has 0 bridgehead atoms. The van der Waals surface area contributed by atoms with Gasteiger partial charge < -0.3 is 0 Å². The highest BCUT2D eigenvalue weighted by atomic mass is 19.1. The highest BCUT2D eigenvalue weighted by Crippen LogP contribution is 2.39. The molecule has 1 fully saturated rings. The summed E-state index contributed by atoms with van der Waals surface area (Å²) in [6.45, 7) is 4.09. The van der Waals surface area contributed by atoms with Crippen LogP contribution in [0, 0.1) is 17.7 Å². The van der Waals surface area contributed by atoms with Gasteiger partial charge in [-0.2, -0.15) is 0 Å². The number of amides is 2. The number of nitrogens with one attached hydrogen (secondary N) is 1. The van der Waals surface area contributed by atoms with Gasteiger partial charge in [0, 0.05) is 12.0 Å². The number of hydrogen-bond donors (Lipinski definition) is 1. The van der Waals surface area contributed by atoms with Crippen LogP contribution in [-0.2, 0) is 9.59 Å². The molecule has 108 valence electrons. The Bertz CT molecular complexity index is 511. The van der Waals surface area contributed by atoms with Crippen molar-refractivity contribution in [2.75, 3.05) is 0 Å². The lowest BCUT2D eigenvalue weighted by atomic mass is 9.71. The molecule has 0 saturated carbocycles. The molecule has 2 rings (SSSR count). The van der Waals surface area contributed by atoms with Crippen LogP contribution >= 0.6 is 0 Å². The summed E-state index contributed by atoms with van der Waals surface area (Å²) < 4.78 is 14.0. The van der Waals surface area contributed by atoms with Gasteiger partial charge in [0.2, 0.25) is 11.8 Å². The van der Waals surface area contributed by atoms with Crippen LogP contribution in [0.25, 0.3) is 0 Å². The van der Waals surface area contributed by atoms with Crippen LogP contribution in [-0.4, -0.2) is 11.8 Å². The van der Waals surface area contributed by atoms with Crippen molar-refractivity contribution in [1.29, 1.82) is 0 Å². The maximum atomic E-state index is 14.0. The van der Waals surface area contributed by atoms with Gasteiger partial charge in [-0.15, -0.1) is 0 Å². The van der Waals surface area contributed by atoms with E-state index >= 15 is 0 Å². The number of hydrogen-bond acceptors (Lipinski definition) is 2. The topological polar surface area (TPSA) is 46.2 Å². The maximum Gasteiger partial charge on any atom is 0.234 e. The average Bonchev–Trinajstić information content (AvgIpc) is 2.41. The highest BCUT2D eigenvalue weighted by molar-refractivity contribution is 6.01. The molecule has 1 aromatic carbocycles. The normalized spacial score (nSPS) is 23.0. The largest absolute Gasteiger partial charge is 0.296 e. The van der Waals surface area contributed by atoms with Crippen molar-refractivity contribution >= 4 is 11.8 Å². The fourth-order valence-corrected chi connectivity index (χ4v) is 3.22. The first-order valence-electron chi connectivity index (χ1n) is 7.16. The molecule has 1 aliphatic rings. The Morgan fingerprint density at radius 3 is 2.50 bits per heavy atom. The van der Waals surface area contributed by atoms with Crippen molar-refractivity contribution in [3.05, 3.63) is 35.6 Å². The maximum absolute atomic E-state index is 14.0. The molecule has 0 aliphatic carbocycles. The van der Waals surface area contributed by atoms with Crippen LogP contribution < -0.4 is 5.32 Å². The van der Waals surface area contributed by atoms with Gasteiger partial charge in [0.15, 0.2) is 0 Å². The summed E-state index contributed by atoms with van der Waals surface area (Å²) in [5, 5.41) is 2.34. The first kappa shape index (κ1) is 14.7. The predicted molar refractivity (Wildman–Crippen MR) is 74.5 cm³/mol. The summed E-state index contributed by atoms with van der Waals surface area (Å²) in [5.74, 6) is -1.45. The standard InChI is InChI=1S/C16H20FNO2/c1-3-10(4-2)12-9-14(19)18-16(20)15(12)11-7-5-6-8-13(11)17/h5-8,10,12,15H,3-4,9H2,1-2H3,(H,18,19,20). The van der Waals surface area contributed by atoms with E-state index in [9.17, 15) is 14.0 Å². The molecule has 1 saturated heterocycles. The minimum Gasteiger partial charge on any atom is -0.296 e. The van der Waals surface area contributed by atoms with Gasteiger partial charge in [0.05, 0.1) is 5.92 Å². The molecular formula is C16H20FNO2. The van der Waals surface area contributed by atoms with E-state index in [0.29, 0.717) is 5.56 Å². The second-order valence-electron chi connectivity index (χ2n) is 5.36. The third kappa shape index (κ3) is 2.74. The zero-order valence-electron chi connectivity index (χ0n) is 11.9. The third-order valence-electron chi connectivity index (χ3n) is 4.29. The van der Waals surface area contributed by atoms with E-state index in [-0.39, 0.29) is 35.9 Å². The van der Waals surface area contributed by atoms with Crippen LogP contribution in [0.5, 0.6) is 0 Å². The van der Waals surface area contributed by atoms with Gasteiger partial charge in [-0.1, -0.05) is 44.9 Å². The van der Waals surface area contributed by atoms with Crippen LogP contribution in [0.3, 0.4) is 0 Å². The molecule has 0 radical (unpaired) electrons. The summed E-state index contributed by atoms with van der Waals surface area (Å²) >= 11 is 0. The average molecular weight is 277 g/mol. The number of carbonyl (C=O) groups excluding carboxylic acids is 2. The Hall–Kier alpha value is -1.71. The second-order valence-corrected chi connectivity index (χ2v) is 5.36. The molecule has 3 nitrogen and oxygen atoms in total. The monoisotopic (exact) mass is 277 g/mol. The Morgan fingerprint density at radius 2 is 1.90 bits per heavy atom.